The number of likely N-dealkylation sites (N-methyl/N-ethyl adjacent to an activating group) is 2. The van der Waals surface area contributed by atoms with Crippen molar-refractivity contribution in [1.82, 2.24) is 9.80 Å². The molecule has 0 atom stereocenters. The second-order valence-corrected chi connectivity index (χ2v) is 6.57. The summed E-state index contributed by atoms with van der Waals surface area (Å²) in [5.41, 5.74) is 0.768. The topological polar surface area (TPSA) is 32.8 Å². The Morgan fingerprint density at radius 2 is 2.00 bits per heavy atom. The van der Waals surface area contributed by atoms with Crippen molar-refractivity contribution in [2.24, 2.45) is 0 Å². The van der Waals surface area contributed by atoms with Gasteiger partial charge in [0.1, 0.15) is 0 Å². The predicted octanol–water partition coefficient (Wildman–Crippen LogP) is 3.45. The molecular weight excluding hydrogens is 307 g/mol. The summed E-state index contributed by atoms with van der Waals surface area (Å²) in [7, 11) is 3.22. The monoisotopic (exact) mass is 336 g/mol. The maximum atomic E-state index is 13.8. The first kappa shape index (κ1) is 18.7. The number of rotatable bonds is 7. The molecule has 0 saturated heterocycles. The lowest BCUT2D eigenvalue weighted by molar-refractivity contribution is -0.132. The fourth-order valence-electron chi connectivity index (χ4n) is 3.41. The Hall–Kier alpha value is -1.62. The second-order valence-electron chi connectivity index (χ2n) is 6.57. The molecule has 0 N–H and O–H groups in total. The molecule has 2 rings (SSSR count). The highest BCUT2D eigenvalue weighted by atomic mass is 19.1. The minimum absolute atomic E-state index is 0.0821. The molecule has 0 radical (unpaired) electrons. The van der Waals surface area contributed by atoms with Gasteiger partial charge in [0.2, 0.25) is 5.91 Å². The number of carbonyl (C=O) groups excluding carboxylic acids is 1. The van der Waals surface area contributed by atoms with Crippen molar-refractivity contribution in [3.05, 3.63) is 29.6 Å². The van der Waals surface area contributed by atoms with Crippen LogP contribution in [0, 0.1) is 5.82 Å². The Labute approximate surface area is 144 Å². The van der Waals surface area contributed by atoms with Gasteiger partial charge in [0, 0.05) is 19.6 Å². The van der Waals surface area contributed by atoms with Crippen molar-refractivity contribution < 1.29 is 13.9 Å². The molecule has 134 valence electrons. The zero-order valence-corrected chi connectivity index (χ0v) is 15.1. The van der Waals surface area contributed by atoms with E-state index in [1.54, 1.807) is 24.1 Å². The van der Waals surface area contributed by atoms with Crippen molar-refractivity contribution in [3.63, 3.8) is 0 Å². The van der Waals surface area contributed by atoms with Gasteiger partial charge in [-0.2, -0.15) is 0 Å². The van der Waals surface area contributed by atoms with Crippen molar-refractivity contribution in [2.45, 2.75) is 51.6 Å². The SMILES string of the molecule is CCN(CC(=O)N(C)Cc1ccc(OC)c(F)c1)C1CCCCC1. The maximum Gasteiger partial charge on any atom is 0.236 e. The van der Waals surface area contributed by atoms with Crippen LogP contribution in [0.15, 0.2) is 18.2 Å². The van der Waals surface area contributed by atoms with E-state index in [9.17, 15) is 9.18 Å². The number of benzene rings is 1. The summed E-state index contributed by atoms with van der Waals surface area (Å²) >= 11 is 0. The van der Waals surface area contributed by atoms with E-state index < -0.39 is 5.82 Å². The fourth-order valence-corrected chi connectivity index (χ4v) is 3.41. The van der Waals surface area contributed by atoms with Crippen LogP contribution in [0.4, 0.5) is 4.39 Å². The van der Waals surface area contributed by atoms with Crippen LogP contribution in [0.2, 0.25) is 0 Å². The summed E-state index contributed by atoms with van der Waals surface area (Å²) in [6.45, 7) is 3.85. The van der Waals surface area contributed by atoms with E-state index in [0.29, 0.717) is 19.1 Å². The average molecular weight is 336 g/mol. The first-order valence-electron chi connectivity index (χ1n) is 8.85. The minimum atomic E-state index is -0.395. The van der Waals surface area contributed by atoms with Crippen molar-refractivity contribution in [2.75, 3.05) is 27.2 Å². The van der Waals surface area contributed by atoms with E-state index in [4.69, 9.17) is 4.74 Å². The van der Waals surface area contributed by atoms with Crippen LogP contribution in [-0.4, -0.2) is 49.0 Å². The van der Waals surface area contributed by atoms with Crippen LogP contribution < -0.4 is 4.74 Å². The highest BCUT2D eigenvalue weighted by Gasteiger charge is 2.23. The summed E-state index contributed by atoms with van der Waals surface area (Å²) in [6.07, 6.45) is 6.21. The summed E-state index contributed by atoms with van der Waals surface area (Å²) in [4.78, 5) is 16.5. The zero-order chi connectivity index (χ0) is 17.5. The highest BCUT2D eigenvalue weighted by molar-refractivity contribution is 5.78. The second kappa shape index (κ2) is 9.02. The first-order chi connectivity index (χ1) is 11.5. The lowest BCUT2D eigenvalue weighted by Gasteiger charge is -2.34. The Morgan fingerprint density at radius 1 is 1.29 bits per heavy atom. The summed E-state index contributed by atoms with van der Waals surface area (Å²) in [6, 6.07) is 5.36. The molecule has 1 fully saturated rings. The van der Waals surface area contributed by atoms with Crippen molar-refractivity contribution in [3.8, 4) is 5.75 Å². The van der Waals surface area contributed by atoms with Gasteiger partial charge in [0.25, 0.3) is 0 Å². The van der Waals surface area contributed by atoms with Crippen LogP contribution in [0.3, 0.4) is 0 Å². The minimum Gasteiger partial charge on any atom is -0.494 e. The zero-order valence-electron chi connectivity index (χ0n) is 15.1. The van der Waals surface area contributed by atoms with E-state index >= 15 is 0 Å². The largest absolute Gasteiger partial charge is 0.494 e. The standard InChI is InChI=1S/C19H29FN2O2/c1-4-22(16-8-6-5-7-9-16)14-19(23)21(2)13-15-10-11-18(24-3)17(20)12-15/h10-12,16H,4-9,13-14H2,1-3H3. The molecule has 0 aromatic heterocycles. The Balaban J connectivity index is 1.92. The van der Waals surface area contributed by atoms with Gasteiger partial charge in [-0.1, -0.05) is 32.3 Å². The number of amides is 1. The van der Waals surface area contributed by atoms with E-state index in [0.717, 1.165) is 12.1 Å². The van der Waals surface area contributed by atoms with Crippen LogP contribution >= 0.6 is 0 Å². The van der Waals surface area contributed by atoms with Crippen LogP contribution in [0.1, 0.15) is 44.6 Å². The molecule has 0 bridgehead atoms. The number of ether oxygens (including phenoxy) is 1. The number of nitrogens with zero attached hydrogens (tertiary/aromatic N) is 2. The Kier molecular flexibility index (Phi) is 7.03. The molecule has 4 nitrogen and oxygen atoms in total. The third kappa shape index (κ3) is 4.94. The molecule has 0 unspecified atom stereocenters. The number of hydrogen-bond donors (Lipinski definition) is 0. The molecule has 1 saturated carbocycles. The quantitative estimate of drug-likeness (QED) is 0.764. The molecule has 0 aliphatic heterocycles. The highest BCUT2D eigenvalue weighted by Crippen LogP contribution is 2.23. The molecule has 0 heterocycles. The lowest BCUT2D eigenvalue weighted by atomic mass is 9.94. The van der Waals surface area contributed by atoms with Gasteiger partial charge in [0.05, 0.1) is 13.7 Å². The van der Waals surface area contributed by atoms with Gasteiger partial charge >= 0.3 is 0 Å². The molecule has 1 aliphatic rings. The van der Waals surface area contributed by atoms with Crippen LogP contribution in [-0.2, 0) is 11.3 Å². The number of methoxy groups -OCH3 is 1. The van der Waals surface area contributed by atoms with Crippen molar-refractivity contribution >= 4 is 5.91 Å². The number of halogens is 1. The van der Waals surface area contributed by atoms with Gasteiger partial charge in [-0.25, -0.2) is 4.39 Å². The molecule has 5 heteroatoms. The van der Waals surface area contributed by atoms with E-state index in [-0.39, 0.29) is 11.7 Å². The van der Waals surface area contributed by atoms with Gasteiger partial charge in [-0.3, -0.25) is 9.69 Å². The van der Waals surface area contributed by atoms with Gasteiger partial charge in [-0.15, -0.1) is 0 Å². The Bertz CT molecular complexity index is 544. The summed E-state index contributed by atoms with van der Waals surface area (Å²) in [5.74, 6) is -0.0888. The Morgan fingerprint density at radius 3 is 2.58 bits per heavy atom. The summed E-state index contributed by atoms with van der Waals surface area (Å²) in [5, 5.41) is 0. The van der Waals surface area contributed by atoms with Gasteiger partial charge in [-0.05, 0) is 37.1 Å². The maximum absolute atomic E-state index is 13.8. The molecule has 1 aromatic rings. The third-order valence-corrected chi connectivity index (χ3v) is 4.90. The predicted molar refractivity (Wildman–Crippen MR) is 93.5 cm³/mol. The van der Waals surface area contributed by atoms with Crippen LogP contribution in [0.25, 0.3) is 0 Å². The van der Waals surface area contributed by atoms with Gasteiger partial charge < -0.3 is 9.64 Å². The number of hydrogen-bond acceptors (Lipinski definition) is 3. The molecule has 24 heavy (non-hydrogen) atoms. The number of carbonyl (C=O) groups is 1. The van der Waals surface area contributed by atoms with E-state index in [1.165, 1.54) is 45.3 Å². The smallest absolute Gasteiger partial charge is 0.236 e. The van der Waals surface area contributed by atoms with E-state index in [1.807, 2.05) is 0 Å². The third-order valence-electron chi connectivity index (χ3n) is 4.90. The first-order valence-corrected chi connectivity index (χ1v) is 8.85. The van der Waals surface area contributed by atoms with Gasteiger partial charge in [0.15, 0.2) is 11.6 Å². The summed E-state index contributed by atoms with van der Waals surface area (Å²) < 4.78 is 18.7. The lowest BCUT2D eigenvalue weighted by Crippen LogP contribution is -2.44. The molecule has 0 spiro atoms. The normalized spacial score (nSPS) is 15.5. The molecular formula is C19H29FN2O2. The van der Waals surface area contributed by atoms with Crippen molar-refractivity contribution in [1.29, 1.82) is 0 Å². The average Bonchev–Trinajstić information content (AvgIpc) is 2.60. The molecule has 1 aromatic carbocycles. The fraction of sp³-hybridized carbons (Fsp3) is 0.632. The molecule has 1 amide bonds. The van der Waals surface area contributed by atoms with E-state index in [2.05, 4.69) is 11.8 Å². The molecule has 1 aliphatic carbocycles. The van der Waals surface area contributed by atoms with Crippen LogP contribution in [0.5, 0.6) is 5.75 Å².